The largest absolute Gasteiger partial charge is 0.492 e. The van der Waals surface area contributed by atoms with Gasteiger partial charge in [-0.25, -0.2) is 4.98 Å². The molecule has 1 amide bonds. The van der Waals surface area contributed by atoms with Gasteiger partial charge in [0.2, 0.25) is 5.91 Å². The Morgan fingerprint density at radius 2 is 2.25 bits per heavy atom. The smallest absolute Gasteiger partial charge is 0.257 e. The van der Waals surface area contributed by atoms with E-state index in [1.54, 1.807) is 17.7 Å². The maximum Gasteiger partial charge on any atom is 0.257 e. The van der Waals surface area contributed by atoms with Gasteiger partial charge in [-0.15, -0.1) is 0 Å². The number of nitrogens with one attached hydrogen (secondary N) is 1. The number of anilines is 1. The Labute approximate surface area is 144 Å². The molecule has 0 aliphatic carbocycles. The third kappa shape index (κ3) is 3.31. The summed E-state index contributed by atoms with van der Waals surface area (Å²) in [5, 5.41) is 3.59. The number of aromatic nitrogens is 2. The average Bonchev–Trinajstić information content (AvgIpc) is 2.60. The molecule has 6 nitrogen and oxygen atoms in total. The number of carbonyl (C=O) groups excluding carboxylic acids is 1. The lowest BCUT2D eigenvalue weighted by Crippen LogP contribution is -2.37. The summed E-state index contributed by atoms with van der Waals surface area (Å²) in [7, 11) is 0. The van der Waals surface area contributed by atoms with Gasteiger partial charge in [0, 0.05) is 24.1 Å². The summed E-state index contributed by atoms with van der Waals surface area (Å²) >= 11 is 1.43. The summed E-state index contributed by atoms with van der Waals surface area (Å²) in [6.45, 7) is 4.50. The Balaban J connectivity index is 1.78. The predicted octanol–water partition coefficient (Wildman–Crippen LogP) is 2.31. The maximum atomic E-state index is 12.6. The maximum absolute atomic E-state index is 12.6. The van der Waals surface area contributed by atoms with Crippen LogP contribution in [-0.2, 0) is 11.3 Å². The third-order valence-electron chi connectivity index (χ3n) is 3.81. The summed E-state index contributed by atoms with van der Waals surface area (Å²) in [6, 6.07) is 7.34. The van der Waals surface area contributed by atoms with E-state index >= 15 is 0 Å². The van der Waals surface area contributed by atoms with Crippen LogP contribution in [0.2, 0.25) is 0 Å². The molecule has 1 unspecified atom stereocenters. The first-order chi connectivity index (χ1) is 11.6. The van der Waals surface area contributed by atoms with Crippen molar-refractivity contribution in [3.63, 3.8) is 0 Å². The number of fused-ring (bicyclic) bond motifs is 1. The van der Waals surface area contributed by atoms with E-state index in [-0.39, 0.29) is 17.4 Å². The molecule has 3 rings (SSSR count). The highest BCUT2D eigenvalue weighted by atomic mass is 32.2. The van der Waals surface area contributed by atoms with E-state index in [0.29, 0.717) is 41.1 Å². The SMILES string of the molecule is CCOc1ccccc1NC(=O)C1CSc2ncc(C)c(=O)n2C1. The highest BCUT2D eigenvalue weighted by Gasteiger charge is 2.27. The Morgan fingerprint density at radius 3 is 3.04 bits per heavy atom. The van der Waals surface area contributed by atoms with E-state index in [1.165, 1.54) is 11.8 Å². The van der Waals surface area contributed by atoms with E-state index < -0.39 is 0 Å². The van der Waals surface area contributed by atoms with Crippen molar-refractivity contribution in [1.29, 1.82) is 0 Å². The molecule has 1 N–H and O–H groups in total. The Kier molecular flexibility index (Phi) is 4.89. The molecule has 0 bridgehead atoms. The van der Waals surface area contributed by atoms with Gasteiger partial charge in [-0.3, -0.25) is 14.2 Å². The number of carbonyl (C=O) groups is 1. The van der Waals surface area contributed by atoms with Crippen molar-refractivity contribution in [2.24, 2.45) is 5.92 Å². The lowest BCUT2D eigenvalue weighted by Gasteiger charge is -2.24. The van der Waals surface area contributed by atoms with Crippen LogP contribution < -0.4 is 15.6 Å². The van der Waals surface area contributed by atoms with Crippen LogP contribution in [0.15, 0.2) is 40.4 Å². The standard InChI is InChI=1S/C17H19N3O3S/c1-3-23-14-7-5-4-6-13(14)19-15(21)12-9-20-16(22)11(2)8-18-17(20)24-10-12/h4-8,12H,3,9-10H2,1-2H3,(H,19,21). The number of benzene rings is 1. The fourth-order valence-electron chi connectivity index (χ4n) is 2.55. The van der Waals surface area contributed by atoms with Gasteiger partial charge in [-0.2, -0.15) is 0 Å². The van der Waals surface area contributed by atoms with E-state index in [4.69, 9.17) is 4.74 Å². The zero-order chi connectivity index (χ0) is 17.1. The molecular formula is C17H19N3O3S. The fourth-order valence-corrected chi connectivity index (χ4v) is 3.59. The second-order valence-electron chi connectivity index (χ2n) is 5.57. The molecule has 126 valence electrons. The Hall–Kier alpha value is -2.28. The summed E-state index contributed by atoms with van der Waals surface area (Å²) in [5.41, 5.74) is 1.15. The van der Waals surface area contributed by atoms with Gasteiger partial charge in [0.05, 0.1) is 18.2 Å². The number of thioether (sulfide) groups is 1. The second kappa shape index (κ2) is 7.09. The summed E-state index contributed by atoms with van der Waals surface area (Å²) < 4.78 is 7.12. The van der Waals surface area contributed by atoms with Crippen molar-refractivity contribution in [2.45, 2.75) is 25.5 Å². The molecule has 1 aliphatic rings. The van der Waals surface area contributed by atoms with Crippen molar-refractivity contribution in [3.8, 4) is 5.75 Å². The number of nitrogens with zero attached hydrogens (tertiary/aromatic N) is 2. The number of rotatable bonds is 4. The lowest BCUT2D eigenvalue weighted by atomic mass is 10.1. The third-order valence-corrected chi connectivity index (χ3v) is 4.97. The van der Waals surface area contributed by atoms with Gasteiger partial charge < -0.3 is 10.1 Å². The minimum absolute atomic E-state index is 0.0836. The van der Waals surface area contributed by atoms with E-state index in [1.807, 2.05) is 31.2 Å². The normalized spacial score (nSPS) is 16.3. The molecule has 0 radical (unpaired) electrons. The highest BCUT2D eigenvalue weighted by molar-refractivity contribution is 7.99. The Bertz CT molecular complexity index is 819. The fraction of sp³-hybridized carbons (Fsp3) is 0.353. The number of hydrogen-bond acceptors (Lipinski definition) is 5. The quantitative estimate of drug-likeness (QED) is 0.861. The van der Waals surface area contributed by atoms with Crippen molar-refractivity contribution < 1.29 is 9.53 Å². The lowest BCUT2D eigenvalue weighted by molar-refractivity contribution is -0.119. The number of para-hydroxylation sites is 2. The van der Waals surface area contributed by atoms with E-state index in [2.05, 4.69) is 10.3 Å². The number of ether oxygens (including phenoxy) is 1. The highest BCUT2D eigenvalue weighted by Crippen LogP contribution is 2.28. The molecular weight excluding hydrogens is 326 g/mol. The molecule has 1 aromatic carbocycles. The molecule has 0 saturated heterocycles. The van der Waals surface area contributed by atoms with Crippen LogP contribution in [-0.4, -0.2) is 27.8 Å². The predicted molar refractivity (Wildman–Crippen MR) is 93.7 cm³/mol. The van der Waals surface area contributed by atoms with Crippen molar-refractivity contribution in [2.75, 3.05) is 17.7 Å². The van der Waals surface area contributed by atoms with Crippen LogP contribution in [0.1, 0.15) is 12.5 Å². The van der Waals surface area contributed by atoms with Gasteiger partial charge in [0.25, 0.3) is 5.56 Å². The molecule has 24 heavy (non-hydrogen) atoms. The summed E-state index contributed by atoms with van der Waals surface area (Å²) in [5.74, 6) is 0.831. The number of amides is 1. The van der Waals surface area contributed by atoms with E-state index in [9.17, 15) is 9.59 Å². The van der Waals surface area contributed by atoms with Crippen LogP contribution in [0.25, 0.3) is 0 Å². The molecule has 2 aromatic rings. The first-order valence-electron chi connectivity index (χ1n) is 7.82. The average molecular weight is 345 g/mol. The van der Waals surface area contributed by atoms with E-state index in [0.717, 1.165) is 0 Å². The van der Waals surface area contributed by atoms with Crippen LogP contribution in [0.4, 0.5) is 5.69 Å². The number of hydrogen-bond donors (Lipinski definition) is 1. The second-order valence-corrected chi connectivity index (χ2v) is 6.55. The minimum Gasteiger partial charge on any atom is -0.492 e. The first kappa shape index (κ1) is 16.6. The van der Waals surface area contributed by atoms with Gasteiger partial charge >= 0.3 is 0 Å². The topological polar surface area (TPSA) is 73.2 Å². The van der Waals surface area contributed by atoms with Gasteiger partial charge in [0.1, 0.15) is 5.75 Å². The van der Waals surface area contributed by atoms with Crippen molar-refractivity contribution in [1.82, 2.24) is 9.55 Å². The molecule has 7 heteroatoms. The van der Waals surface area contributed by atoms with Crippen molar-refractivity contribution >= 4 is 23.4 Å². The number of aryl methyl sites for hydroxylation is 1. The molecule has 1 atom stereocenters. The Morgan fingerprint density at radius 1 is 1.46 bits per heavy atom. The zero-order valence-corrected chi connectivity index (χ0v) is 14.4. The van der Waals surface area contributed by atoms with Crippen LogP contribution in [0.3, 0.4) is 0 Å². The molecule has 2 heterocycles. The molecule has 0 saturated carbocycles. The monoisotopic (exact) mass is 345 g/mol. The van der Waals surface area contributed by atoms with Gasteiger partial charge in [-0.1, -0.05) is 23.9 Å². The zero-order valence-electron chi connectivity index (χ0n) is 13.6. The van der Waals surface area contributed by atoms with Crippen LogP contribution in [0, 0.1) is 12.8 Å². The summed E-state index contributed by atoms with van der Waals surface area (Å²) in [4.78, 5) is 29.1. The molecule has 0 fully saturated rings. The summed E-state index contributed by atoms with van der Waals surface area (Å²) in [6.07, 6.45) is 1.58. The minimum atomic E-state index is -0.293. The van der Waals surface area contributed by atoms with Gasteiger partial charge in [0.15, 0.2) is 5.16 Å². The first-order valence-corrected chi connectivity index (χ1v) is 8.80. The molecule has 1 aromatic heterocycles. The van der Waals surface area contributed by atoms with Crippen LogP contribution in [0.5, 0.6) is 5.75 Å². The van der Waals surface area contributed by atoms with Crippen molar-refractivity contribution in [3.05, 3.63) is 46.4 Å². The molecule has 0 spiro atoms. The molecule has 1 aliphatic heterocycles. The van der Waals surface area contributed by atoms with Gasteiger partial charge in [-0.05, 0) is 26.0 Å². The van der Waals surface area contributed by atoms with Crippen LogP contribution >= 0.6 is 11.8 Å².